The molecule has 1 fully saturated rings. The Morgan fingerprint density at radius 2 is 2.04 bits per heavy atom. The summed E-state index contributed by atoms with van der Waals surface area (Å²) < 4.78 is 11.5. The van der Waals surface area contributed by atoms with Crippen molar-refractivity contribution in [2.45, 2.75) is 39.7 Å². The van der Waals surface area contributed by atoms with E-state index < -0.39 is 0 Å². The second-order valence-corrected chi connectivity index (χ2v) is 6.70. The minimum absolute atomic E-state index is 0. The Morgan fingerprint density at radius 1 is 1.24 bits per heavy atom. The highest BCUT2D eigenvalue weighted by molar-refractivity contribution is 14.0. The number of nitrogens with zero attached hydrogens (tertiary/aromatic N) is 2. The van der Waals surface area contributed by atoms with Crippen molar-refractivity contribution in [1.29, 1.82) is 0 Å². The first-order chi connectivity index (χ1) is 11.8. The molecule has 3 rings (SSSR count). The summed E-state index contributed by atoms with van der Waals surface area (Å²) in [7, 11) is 0. The first-order valence-corrected chi connectivity index (χ1v) is 9.18. The van der Waals surface area contributed by atoms with Gasteiger partial charge in [0.15, 0.2) is 17.5 Å². The molecule has 0 aliphatic carbocycles. The van der Waals surface area contributed by atoms with Crippen LogP contribution in [0.4, 0.5) is 0 Å². The van der Waals surface area contributed by atoms with Gasteiger partial charge in [-0.1, -0.05) is 13.0 Å². The topological polar surface area (TPSA) is 46.1 Å². The molecule has 1 atom stereocenters. The molecule has 1 aromatic carbocycles. The largest absolute Gasteiger partial charge is 0.490 e. The molecule has 140 valence electrons. The third-order valence-corrected chi connectivity index (χ3v) is 4.51. The summed E-state index contributed by atoms with van der Waals surface area (Å²) in [6, 6.07) is 6.15. The van der Waals surface area contributed by atoms with Crippen molar-refractivity contribution < 1.29 is 9.47 Å². The zero-order valence-electron chi connectivity index (χ0n) is 15.3. The van der Waals surface area contributed by atoms with Gasteiger partial charge in [0.05, 0.1) is 19.8 Å². The summed E-state index contributed by atoms with van der Waals surface area (Å²) in [5.41, 5.74) is 1.15. The smallest absolute Gasteiger partial charge is 0.194 e. The fraction of sp³-hybridized carbons (Fsp3) is 0.632. The van der Waals surface area contributed by atoms with Crippen molar-refractivity contribution in [3.63, 3.8) is 0 Å². The standard InChI is InChI=1S/C19H29N3O2.HI/c1-3-20-19(22-9-4-6-15(2)14-22)21-13-16-7-8-17-18(12-16)24-11-5-10-23-17;/h7-8,12,15H,3-6,9-11,13-14H2,1-2H3,(H,20,21);1H. The van der Waals surface area contributed by atoms with E-state index in [1.807, 2.05) is 6.07 Å². The maximum Gasteiger partial charge on any atom is 0.194 e. The van der Waals surface area contributed by atoms with Gasteiger partial charge in [0.1, 0.15) is 0 Å². The molecule has 6 heteroatoms. The Morgan fingerprint density at radius 3 is 2.80 bits per heavy atom. The van der Waals surface area contributed by atoms with Crippen LogP contribution in [-0.4, -0.2) is 43.7 Å². The summed E-state index contributed by atoms with van der Waals surface area (Å²) in [6.45, 7) is 9.62. The highest BCUT2D eigenvalue weighted by atomic mass is 127. The summed E-state index contributed by atoms with van der Waals surface area (Å²) in [5.74, 6) is 3.45. The van der Waals surface area contributed by atoms with Crippen LogP contribution in [0.25, 0.3) is 0 Å². The van der Waals surface area contributed by atoms with E-state index in [1.54, 1.807) is 0 Å². The summed E-state index contributed by atoms with van der Waals surface area (Å²) in [4.78, 5) is 7.24. The maximum atomic E-state index is 5.77. The van der Waals surface area contributed by atoms with E-state index in [1.165, 1.54) is 12.8 Å². The minimum Gasteiger partial charge on any atom is -0.490 e. The van der Waals surface area contributed by atoms with Crippen molar-refractivity contribution in [3.8, 4) is 11.5 Å². The molecule has 0 aromatic heterocycles. The Kier molecular flexibility index (Phi) is 8.12. The first kappa shape index (κ1) is 20.1. The van der Waals surface area contributed by atoms with Crippen LogP contribution in [-0.2, 0) is 6.54 Å². The Bertz CT molecular complexity index is 580. The highest BCUT2D eigenvalue weighted by Gasteiger charge is 2.19. The number of rotatable bonds is 3. The molecule has 1 aromatic rings. The lowest BCUT2D eigenvalue weighted by molar-refractivity contribution is 0.266. The average molecular weight is 459 g/mol. The summed E-state index contributed by atoms with van der Waals surface area (Å²) in [6.07, 6.45) is 3.49. The van der Waals surface area contributed by atoms with E-state index in [0.29, 0.717) is 13.2 Å². The molecule has 2 heterocycles. The summed E-state index contributed by atoms with van der Waals surface area (Å²) >= 11 is 0. The van der Waals surface area contributed by atoms with Gasteiger partial charge >= 0.3 is 0 Å². The molecule has 0 spiro atoms. The molecule has 0 radical (unpaired) electrons. The number of guanidine groups is 1. The van der Waals surface area contributed by atoms with Gasteiger partial charge in [0.25, 0.3) is 0 Å². The van der Waals surface area contributed by atoms with Gasteiger partial charge < -0.3 is 19.7 Å². The lowest BCUT2D eigenvalue weighted by atomic mass is 10.0. The quantitative estimate of drug-likeness (QED) is 0.426. The monoisotopic (exact) mass is 459 g/mol. The third kappa shape index (κ3) is 5.66. The van der Waals surface area contributed by atoms with Gasteiger partial charge in [0, 0.05) is 26.1 Å². The number of hydrogen-bond donors (Lipinski definition) is 1. The molecule has 1 saturated heterocycles. The Balaban J connectivity index is 0.00000225. The zero-order valence-corrected chi connectivity index (χ0v) is 17.6. The van der Waals surface area contributed by atoms with Gasteiger partial charge in [-0.3, -0.25) is 0 Å². The molecule has 0 bridgehead atoms. The molecular weight excluding hydrogens is 429 g/mol. The van der Waals surface area contributed by atoms with Gasteiger partial charge in [-0.2, -0.15) is 0 Å². The van der Waals surface area contributed by atoms with Crippen LogP contribution in [0.15, 0.2) is 23.2 Å². The number of fused-ring (bicyclic) bond motifs is 1. The zero-order chi connectivity index (χ0) is 16.8. The molecule has 25 heavy (non-hydrogen) atoms. The normalized spacial score (nSPS) is 20.5. The van der Waals surface area contributed by atoms with Crippen LogP contribution in [0.1, 0.15) is 38.7 Å². The molecule has 1 unspecified atom stereocenters. The molecule has 0 amide bonds. The fourth-order valence-electron chi connectivity index (χ4n) is 3.28. The van der Waals surface area contributed by atoms with E-state index in [0.717, 1.165) is 61.6 Å². The number of piperidine rings is 1. The Labute approximate surface area is 168 Å². The van der Waals surface area contributed by atoms with Gasteiger partial charge in [0.2, 0.25) is 0 Å². The lowest BCUT2D eigenvalue weighted by Gasteiger charge is -2.33. The molecule has 5 nitrogen and oxygen atoms in total. The minimum atomic E-state index is 0. The number of benzene rings is 1. The number of likely N-dealkylation sites (tertiary alicyclic amines) is 1. The summed E-state index contributed by atoms with van der Waals surface area (Å²) in [5, 5.41) is 3.44. The van der Waals surface area contributed by atoms with Crippen LogP contribution >= 0.6 is 24.0 Å². The average Bonchev–Trinajstić information content (AvgIpc) is 2.83. The van der Waals surface area contributed by atoms with Crippen LogP contribution in [0.2, 0.25) is 0 Å². The van der Waals surface area contributed by atoms with E-state index in [-0.39, 0.29) is 24.0 Å². The van der Waals surface area contributed by atoms with Crippen molar-refractivity contribution in [2.24, 2.45) is 10.9 Å². The Hall–Kier alpha value is -1.18. The van der Waals surface area contributed by atoms with Crippen molar-refractivity contribution in [3.05, 3.63) is 23.8 Å². The molecule has 2 aliphatic rings. The number of ether oxygens (including phenoxy) is 2. The molecule has 1 N–H and O–H groups in total. The fourth-order valence-corrected chi connectivity index (χ4v) is 3.28. The van der Waals surface area contributed by atoms with Crippen LogP contribution in [0.5, 0.6) is 11.5 Å². The van der Waals surface area contributed by atoms with E-state index >= 15 is 0 Å². The maximum absolute atomic E-state index is 5.77. The first-order valence-electron chi connectivity index (χ1n) is 9.18. The van der Waals surface area contributed by atoms with E-state index in [2.05, 4.69) is 36.2 Å². The highest BCUT2D eigenvalue weighted by Crippen LogP contribution is 2.30. The lowest BCUT2D eigenvalue weighted by Crippen LogP contribution is -2.46. The molecule has 0 saturated carbocycles. The van der Waals surface area contributed by atoms with Crippen molar-refractivity contribution >= 4 is 29.9 Å². The van der Waals surface area contributed by atoms with Crippen molar-refractivity contribution in [1.82, 2.24) is 10.2 Å². The third-order valence-electron chi connectivity index (χ3n) is 4.51. The second-order valence-electron chi connectivity index (χ2n) is 6.70. The van der Waals surface area contributed by atoms with E-state index in [4.69, 9.17) is 14.5 Å². The van der Waals surface area contributed by atoms with Crippen molar-refractivity contribution in [2.75, 3.05) is 32.8 Å². The predicted octanol–water partition coefficient (Wildman–Crippen LogP) is 3.66. The van der Waals surface area contributed by atoms with Crippen LogP contribution in [0.3, 0.4) is 0 Å². The second kappa shape index (κ2) is 10.1. The number of halogens is 1. The molecular formula is C19H30IN3O2. The van der Waals surface area contributed by atoms with Gasteiger partial charge in [-0.05, 0) is 43.4 Å². The predicted molar refractivity (Wildman–Crippen MR) is 112 cm³/mol. The SMILES string of the molecule is CCNC(=NCc1ccc2c(c1)OCCCO2)N1CCCC(C)C1.I. The van der Waals surface area contributed by atoms with Crippen LogP contribution in [0, 0.1) is 5.92 Å². The van der Waals surface area contributed by atoms with E-state index in [9.17, 15) is 0 Å². The number of aliphatic imine (C=N–C) groups is 1. The van der Waals surface area contributed by atoms with Gasteiger partial charge in [-0.25, -0.2) is 4.99 Å². The number of nitrogens with one attached hydrogen (secondary N) is 1. The number of hydrogen-bond acceptors (Lipinski definition) is 3. The van der Waals surface area contributed by atoms with Crippen LogP contribution < -0.4 is 14.8 Å². The molecule has 2 aliphatic heterocycles. The van der Waals surface area contributed by atoms with Gasteiger partial charge in [-0.15, -0.1) is 24.0 Å².